The van der Waals surface area contributed by atoms with E-state index >= 15 is 0 Å². The summed E-state index contributed by atoms with van der Waals surface area (Å²) in [6, 6.07) is 6.21. The van der Waals surface area contributed by atoms with Crippen LogP contribution in [0.1, 0.15) is 63.0 Å². The Morgan fingerprint density at radius 1 is 0.966 bits per heavy atom. The van der Waals surface area contributed by atoms with Crippen molar-refractivity contribution < 1.29 is 23.8 Å². The van der Waals surface area contributed by atoms with Crippen molar-refractivity contribution in [1.29, 1.82) is 0 Å². The molecule has 4 aliphatic rings. The summed E-state index contributed by atoms with van der Waals surface area (Å²) in [5.74, 6) is 4.73. The number of hydrogen-bond donors (Lipinski definition) is 0. The Balaban J connectivity index is 0.000000353. The van der Waals surface area contributed by atoms with Gasteiger partial charge in [-0.05, 0) is 94.1 Å². The molecule has 4 bridgehead atoms. The molecule has 4 aliphatic carbocycles. The van der Waals surface area contributed by atoms with E-state index in [1.54, 1.807) is 13.8 Å². The molecule has 5 rings (SSSR count). The van der Waals surface area contributed by atoms with Crippen molar-refractivity contribution in [3.63, 3.8) is 0 Å². The maximum atomic E-state index is 11.8. The Bertz CT molecular complexity index is 704. The molecule has 0 spiro atoms. The van der Waals surface area contributed by atoms with Crippen LogP contribution in [0.15, 0.2) is 18.2 Å². The molecule has 160 valence electrons. The summed E-state index contributed by atoms with van der Waals surface area (Å²) in [5, 5.41) is 0. The molecule has 4 saturated carbocycles. The van der Waals surface area contributed by atoms with Gasteiger partial charge in [0.15, 0.2) is 0 Å². The first kappa shape index (κ1) is 21.9. The molecule has 1 aromatic carbocycles. The number of halogens is 1. The van der Waals surface area contributed by atoms with E-state index in [4.69, 9.17) is 21.1 Å². The van der Waals surface area contributed by atoms with E-state index in [2.05, 4.69) is 17.7 Å². The summed E-state index contributed by atoms with van der Waals surface area (Å²) in [4.78, 5) is 21.4. The van der Waals surface area contributed by atoms with Crippen molar-refractivity contribution in [3.05, 3.63) is 29.3 Å². The predicted molar refractivity (Wildman–Crippen MR) is 111 cm³/mol. The van der Waals surface area contributed by atoms with E-state index in [0.717, 1.165) is 23.7 Å². The highest BCUT2D eigenvalue weighted by molar-refractivity contribution is 6.61. The van der Waals surface area contributed by atoms with Gasteiger partial charge in [-0.25, -0.2) is 9.59 Å². The molecule has 0 aromatic heterocycles. The number of aryl methyl sites for hydroxylation is 1. The second kappa shape index (κ2) is 9.84. The maximum Gasteiger partial charge on any atom is 0.513 e. The molecule has 29 heavy (non-hydrogen) atoms. The summed E-state index contributed by atoms with van der Waals surface area (Å²) in [6.45, 7) is 6.31. The molecule has 4 fully saturated rings. The van der Waals surface area contributed by atoms with E-state index in [1.165, 1.54) is 43.2 Å². The van der Waals surface area contributed by atoms with Gasteiger partial charge in [0.1, 0.15) is 5.75 Å². The zero-order chi connectivity index (χ0) is 21.0. The van der Waals surface area contributed by atoms with Crippen LogP contribution >= 0.6 is 11.6 Å². The Morgan fingerprint density at radius 2 is 1.55 bits per heavy atom. The average molecular weight is 423 g/mol. The minimum atomic E-state index is -0.738. The second-order valence-electron chi connectivity index (χ2n) is 8.45. The molecule has 0 amide bonds. The molecule has 6 heteroatoms. The summed E-state index contributed by atoms with van der Waals surface area (Å²) in [5.41, 5.74) is 1.74. The normalized spacial score (nSPS) is 28.9. The summed E-state index contributed by atoms with van der Waals surface area (Å²) in [6.07, 6.45) is 6.34. The van der Waals surface area contributed by atoms with Crippen LogP contribution in [0.4, 0.5) is 9.59 Å². The number of hydrogen-bond acceptors (Lipinski definition) is 5. The fraction of sp³-hybridized carbons (Fsp3) is 0.652. The monoisotopic (exact) mass is 422 g/mol. The van der Waals surface area contributed by atoms with Crippen molar-refractivity contribution in [1.82, 2.24) is 0 Å². The van der Waals surface area contributed by atoms with Crippen molar-refractivity contribution in [2.24, 2.45) is 23.7 Å². The molecule has 0 saturated heterocycles. The molecule has 0 aliphatic heterocycles. The van der Waals surface area contributed by atoms with Gasteiger partial charge in [0.25, 0.3) is 0 Å². The topological polar surface area (TPSA) is 61.8 Å². The predicted octanol–water partition coefficient (Wildman–Crippen LogP) is 6.45. The van der Waals surface area contributed by atoms with Gasteiger partial charge in [-0.2, -0.15) is 0 Å². The lowest BCUT2D eigenvalue weighted by atomic mass is 9.50. The summed E-state index contributed by atoms with van der Waals surface area (Å²) >= 11 is 4.72. The van der Waals surface area contributed by atoms with Crippen LogP contribution in [0, 0.1) is 30.6 Å². The van der Waals surface area contributed by atoms with Gasteiger partial charge >= 0.3 is 11.6 Å². The van der Waals surface area contributed by atoms with Gasteiger partial charge in [-0.15, -0.1) is 0 Å². The molecule has 0 unspecified atom stereocenters. The third-order valence-corrected chi connectivity index (χ3v) is 6.57. The zero-order valence-corrected chi connectivity index (χ0v) is 18.2. The zero-order valence-electron chi connectivity index (χ0n) is 17.5. The van der Waals surface area contributed by atoms with Crippen molar-refractivity contribution in [2.75, 3.05) is 13.2 Å². The Morgan fingerprint density at radius 3 is 2.03 bits per heavy atom. The molecular formula is C23H31ClO5. The number of rotatable bonds is 4. The Labute approximate surface area is 178 Å². The maximum absolute atomic E-state index is 11.8. The molecule has 0 atom stereocenters. The number of carbonyl (C=O) groups is 2. The lowest BCUT2D eigenvalue weighted by molar-refractivity contribution is -0.00370. The third-order valence-electron chi connectivity index (χ3n) is 6.46. The Kier molecular flexibility index (Phi) is 7.44. The van der Waals surface area contributed by atoms with Crippen LogP contribution in [0.25, 0.3) is 0 Å². The van der Waals surface area contributed by atoms with Crippen LogP contribution in [-0.2, 0) is 9.47 Å². The summed E-state index contributed by atoms with van der Waals surface area (Å²) < 4.78 is 14.7. The van der Waals surface area contributed by atoms with E-state index in [9.17, 15) is 9.59 Å². The standard InChI is InChI=1S/C20H26O3.C3H5ClO2/c1-3-22-20(21)23-18-5-4-12(2)6-17(18)19-15-8-13-7-14(10-15)11-16(19)9-13;1-2-6-3(4)5/h4-6,13-16,19H,3,7-11H2,1-2H3;2H2,1H3. The highest BCUT2D eigenvalue weighted by Crippen LogP contribution is 2.60. The van der Waals surface area contributed by atoms with Crippen molar-refractivity contribution in [2.45, 2.75) is 58.8 Å². The van der Waals surface area contributed by atoms with E-state index in [-0.39, 0.29) is 0 Å². The number of ether oxygens (including phenoxy) is 3. The van der Waals surface area contributed by atoms with Gasteiger partial charge in [0.05, 0.1) is 13.2 Å². The van der Waals surface area contributed by atoms with Crippen LogP contribution < -0.4 is 4.74 Å². The lowest BCUT2D eigenvalue weighted by Gasteiger charge is -2.54. The Hall–Kier alpha value is -1.75. The van der Waals surface area contributed by atoms with Gasteiger partial charge in [-0.1, -0.05) is 17.7 Å². The fourth-order valence-electron chi connectivity index (χ4n) is 5.80. The van der Waals surface area contributed by atoms with Gasteiger partial charge in [-0.3, -0.25) is 0 Å². The molecule has 0 N–H and O–H groups in total. The largest absolute Gasteiger partial charge is 0.513 e. The minimum Gasteiger partial charge on any atom is -0.454 e. The number of carbonyl (C=O) groups excluding carboxylic acids is 2. The van der Waals surface area contributed by atoms with E-state index < -0.39 is 11.6 Å². The van der Waals surface area contributed by atoms with E-state index in [0.29, 0.717) is 24.9 Å². The second-order valence-corrected chi connectivity index (χ2v) is 8.76. The molecule has 0 radical (unpaired) electrons. The lowest BCUT2D eigenvalue weighted by Crippen LogP contribution is -2.43. The molecule has 1 aromatic rings. The van der Waals surface area contributed by atoms with Crippen molar-refractivity contribution in [3.8, 4) is 5.75 Å². The smallest absolute Gasteiger partial charge is 0.454 e. The molecular weight excluding hydrogens is 392 g/mol. The fourth-order valence-corrected chi connectivity index (χ4v) is 5.91. The molecule has 0 heterocycles. The van der Waals surface area contributed by atoms with Crippen molar-refractivity contribution >= 4 is 23.2 Å². The first-order valence-electron chi connectivity index (χ1n) is 10.7. The van der Waals surface area contributed by atoms with E-state index in [1.807, 2.05) is 12.1 Å². The third kappa shape index (κ3) is 5.44. The highest BCUT2D eigenvalue weighted by Gasteiger charge is 2.49. The summed E-state index contributed by atoms with van der Waals surface area (Å²) in [7, 11) is 0. The van der Waals surface area contributed by atoms with Gasteiger partial charge < -0.3 is 14.2 Å². The van der Waals surface area contributed by atoms with Crippen LogP contribution in [0.5, 0.6) is 5.75 Å². The number of benzene rings is 1. The average Bonchev–Trinajstić information content (AvgIpc) is 2.63. The highest BCUT2D eigenvalue weighted by atomic mass is 35.5. The first-order chi connectivity index (χ1) is 13.9. The first-order valence-corrected chi connectivity index (χ1v) is 11.1. The SMILES string of the molecule is CCOC(=O)Cl.CCOC(=O)Oc1ccc(C)cc1C1C2CC3CC(C2)CC1C3. The van der Waals surface area contributed by atoms with Gasteiger partial charge in [0, 0.05) is 11.6 Å². The van der Waals surface area contributed by atoms with Gasteiger partial charge in [0.2, 0.25) is 0 Å². The molecule has 5 nitrogen and oxygen atoms in total. The quantitative estimate of drug-likeness (QED) is 0.317. The van der Waals surface area contributed by atoms with Crippen LogP contribution in [-0.4, -0.2) is 24.8 Å². The van der Waals surface area contributed by atoms with Crippen LogP contribution in [0.2, 0.25) is 0 Å². The van der Waals surface area contributed by atoms with Crippen LogP contribution in [0.3, 0.4) is 0 Å². The minimum absolute atomic E-state index is 0.345.